The van der Waals surface area contributed by atoms with E-state index in [0.717, 1.165) is 71.0 Å². The van der Waals surface area contributed by atoms with Gasteiger partial charge in [0.05, 0.1) is 24.2 Å². The minimum Gasteiger partial charge on any atom is -0.504 e. The molecule has 2 saturated carbocycles. The molecule has 6 aliphatic rings. The fourth-order valence-corrected chi connectivity index (χ4v) is 8.35. The molecular formula is C26H35N3O4. The van der Waals surface area contributed by atoms with Gasteiger partial charge in [-0.3, -0.25) is 14.6 Å². The number of likely N-dealkylation sites (tertiary alicyclic amines) is 1. The first-order valence-corrected chi connectivity index (χ1v) is 12.9. The maximum absolute atomic E-state index is 12.8. The number of ether oxygens (including phenoxy) is 2. The zero-order valence-corrected chi connectivity index (χ0v) is 19.5. The van der Waals surface area contributed by atoms with E-state index in [1.165, 1.54) is 24.0 Å². The normalized spacial score (nSPS) is 39.6. The predicted molar refractivity (Wildman–Crippen MR) is 123 cm³/mol. The number of nitrogens with zero attached hydrogens (tertiary/aromatic N) is 2. The van der Waals surface area contributed by atoms with Crippen LogP contribution in [-0.4, -0.2) is 83.9 Å². The first kappa shape index (κ1) is 20.5. The lowest BCUT2D eigenvalue weighted by Gasteiger charge is -2.67. The van der Waals surface area contributed by atoms with Crippen LogP contribution in [0.15, 0.2) is 12.1 Å². The Morgan fingerprint density at radius 3 is 2.76 bits per heavy atom. The number of benzene rings is 1. The number of phenolic OH excluding ortho intramolecular Hbond substituents is 1. The zero-order valence-electron chi connectivity index (χ0n) is 19.5. The number of nitrogens with one attached hydrogen (secondary N) is 1. The van der Waals surface area contributed by atoms with Gasteiger partial charge >= 0.3 is 0 Å². The molecule has 7 heteroatoms. The minimum atomic E-state index is -0.356. The Labute approximate surface area is 195 Å². The van der Waals surface area contributed by atoms with E-state index in [0.29, 0.717) is 5.75 Å². The minimum absolute atomic E-state index is 0.0493. The molecule has 0 aromatic heterocycles. The highest BCUT2D eigenvalue weighted by Gasteiger charge is 2.74. The molecule has 7 nitrogen and oxygen atoms in total. The molecule has 1 spiro atoms. The van der Waals surface area contributed by atoms with Crippen molar-refractivity contribution in [3.63, 3.8) is 0 Å². The van der Waals surface area contributed by atoms with Gasteiger partial charge in [-0.1, -0.05) is 6.07 Å². The van der Waals surface area contributed by atoms with Gasteiger partial charge in [-0.15, -0.1) is 0 Å². The third-order valence-corrected chi connectivity index (χ3v) is 9.70. The second-order valence-electron chi connectivity index (χ2n) is 11.3. The molecule has 7 rings (SSSR count). The van der Waals surface area contributed by atoms with Gasteiger partial charge in [-0.2, -0.15) is 0 Å². The molecule has 5 atom stereocenters. The molecule has 1 aromatic rings. The van der Waals surface area contributed by atoms with Gasteiger partial charge in [0.1, 0.15) is 6.10 Å². The number of phenols is 1. The van der Waals surface area contributed by atoms with Crippen LogP contribution >= 0.6 is 0 Å². The Bertz CT molecular complexity index is 990. The van der Waals surface area contributed by atoms with Gasteiger partial charge in [-0.05, 0) is 62.6 Å². The second kappa shape index (κ2) is 7.09. The van der Waals surface area contributed by atoms with Gasteiger partial charge in [0.25, 0.3) is 0 Å². The Balaban J connectivity index is 1.41. The monoisotopic (exact) mass is 453 g/mol. The van der Waals surface area contributed by atoms with Gasteiger partial charge in [0.15, 0.2) is 11.5 Å². The summed E-state index contributed by atoms with van der Waals surface area (Å²) in [5, 5.41) is 14.5. The number of aromatic hydroxyl groups is 1. The maximum Gasteiger partial charge on any atom is 0.217 e. The molecule has 2 bridgehead atoms. The molecule has 3 heterocycles. The number of carbonyl (C=O) groups is 1. The van der Waals surface area contributed by atoms with E-state index < -0.39 is 0 Å². The summed E-state index contributed by atoms with van der Waals surface area (Å²) >= 11 is 0. The Hall–Kier alpha value is -1.83. The maximum atomic E-state index is 12.8. The lowest BCUT2D eigenvalue weighted by molar-refractivity contribution is -0.143. The van der Waals surface area contributed by atoms with Gasteiger partial charge < -0.3 is 19.9 Å². The van der Waals surface area contributed by atoms with Crippen molar-refractivity contribution in [2.75, 3.05) is 39.4 Å². The summed E-state index contributed by atoms with van der Waals surface area (Å²) < 4.78 is 12.5. The quantitative estimate of drug-likeness (QED) is 0.724. The number of carbonyl (C=O) groups excluding carboxylic acids is 1. The summed E-state index contributed by atoms with van der Waals surface area (Å²) in [5.74, 6) is 1.79. The molecule has 0 unspecified atom stereocenters. The molecule has 1 amide bonds. The van der Waals surface area contributed by atoms with Crippen molar-refractivity contribution >= 4 is 5.91 Å². The van der Waals surface area contributed by atoms with Gasteiger partial charge in [0.2, 0.25) is 5.91 Å². The van der Waals surface area contributed by atoms with Crippen molar-refractivity contribution in [1.29, 1.82) is 0 Å². The van der Waals surface area contributed by atoms with Crippen molar-refractivity contribution in [3.05, 3.63) is 23.3 Å². The van der Waals surface area contributed by atoms with E-state index in [2.05, 4.69) is 21.2 Å². The van der Waals surface area contributed by atoms with Crippen LogP contribution in [0.25, 0.3) is 0 Å². The van der Waals surface area contributed by atoms with Crippen LogP contribution in [0.5, 0.6) is 11.5 Å². The SMILES string of the molecule is CC(=O)N[C@@]12CC[C@@H](N3CCOCC3)[C@@H]3Oc4c(O)ccc5c4[C@@]31CCN(CC1CC1)[C@@H]2C5. The Kier molecular flexibility index (Phi) is 4.41. The van der Waals surface area contributed by atoms with Crippen molar-refractivity contribution in [2.24, 2.45) is 5.92 Å². The second-order valence-corrected chi connectivity index (χ2v) is 11.3. The Morgan fingerprint density at radius 1 is 1.18 bits per heavy atom. The lowest BCUT2D eigenvalue weighted by atomic mass is 9.46. The van der Waals surface area contributed by atoms with Crippen LogP contribution in [0.2, 0.25) is 0 Å². The summed E-state index contributed by atoms with van der Waals surface area (Å²) in [7, 11) is 0. The van der Waals surface area contributed by atoms with E-state index in [1.807, 2.05) is 6.07 Å². The molecular weight excluding hydrogens is 418 g/mol. The van der Waals surface area contributed by atoms with E-state index in [-0.39, 0.29) is 40.8 Å². The van der Waals surface area contributed by atoms with Crippen molar-refractivity contribution in [3.8, 4) is 11.5 Å². The first-order chi connectivity index (χ1) is 16.0. The molecule has 1 aromatic carbocycles. The van der Waals surface area contributed by atoms with Crippen molar-refractivity contribution in [2.45, 2.75) is 74.6 Å². The average molecular weight is 454 g/mol. The largest absolute Gasteiger partial charge is 0.504 e. The molecule has 3 aliphatic heterocycles. The summed E-state index contributed by atoms with van der Waals surface area (Å²) in [5.41, 5.74) is 1.85. The number of hydrogen-bond donors (Lipinski definition) is 2. The van der Waals surface area contributed by atoms with Gasteiger partial charge in [0, 0.05) is 44.2 Å². The fourth-order valence-electron chi connectivity index (χ4n) is 8.35. The highest BCUT2D eigenvalue weighted by molar-refractivity contribution is 5.76. The third-order valence-electron chi connectivity index (χ3n) is 9.70. The highest BCUT2D eigenvalue weighted by atomic mass is 16.5. The lowest BCUT2D eigenvalue weighted by Crippen LogP contribution is -2.83. The van der Waals surface area contributed by atoms with E-state index in [9.17, 15) is 9.90 Å². The first-order valence-electron chi connectivity index (χ1n) is 12.9. The standard InChI is InChI=1S/C26H35N3O4/c1-16(30)27-26-7-6-19(28-10-12-32-13-11-28)24-25(26)8-9-29(15-17-2-3-17)21(26)14-18-4-5-20(31)23(33-24)22(18)25/h4-5,17,19,21,24,31H,2-3,6-15H2,1H3,(H,27,30)/t19-,21-,24+,25+,26-/m1/s1. The van der Waals surface area contributed by atoms with E-state index in [4.69, 9.17) is 9.47 Å². The summed E-state index contributed by atoms with van der Waals surface area (Å²) in [6.45, 7) is 7.19. The predicted octanol–water partition coefficient (Wildman–Crippen LogP) is 1.80. The van der Waals surface area contributed by atoms with Crippen LogP contribution < -0.4 is 10.1 Å². The molecule has 178 valence electrons. The average Bonchev–Trinajstić information content (AvgIpc) is 3.55. The van der Waals surface area contributed by atoms with Crippen LogP contribution in [0.3, 0.4) is 0 Å². The molecule has 3 aliphatic carbocycles. The molecule has 0 radical (unpaired) electrons. The van der Waals surface area contributed by atoms with Crippen LogP contribution in [0.1, 0.15) is 50.2 Å². The molecule has 2 saturated heterocycles. The van der Waals surface area contributed by atoms with E-state index >= 15 is 0 Å². The van der Waals surface area contributed by atoms with Crippen LogP contribution in [0, 0.1) is 5.92 Å². The van der Waals surface area contributed by atoms with Crippen molar-refractivity contribution in [1.82, 2.24) is 15.1 Å². The third kappa shape index (κ3) is 2.70. The smallest absolute Gasteiger partial charge is 0.217 e. The highest BCUT2D eigenvalue weighted by Crippen LogP contribution is 2.66. The number of rotatable bonds is 4. The number of amides is 1. The Morgan fingerprint density at radius 2 is 2.00 bits per heavy atom. The summed E-state index contributed by atoms with van der Waals surface area (Å²) in [4.78, 5) is 18.0. The molecule has 4 fully saturated rings. The van der Waals surface area contributed by atoms with E-state index in [1.54, 1.807) is 6.92 Å². The van der Waals surface area contributed by atoms with Gasteiger partial charge in [-0.25, -0.2) is 0 Å². The molecule has 2 N–H and O–H groups in total. The number of piperidine rings is 1. The van der Waals surface area contributed by atoms with Crippen LogP contribution in [-0.2, 0) is 21.4 Å². The topological polar surface area (TPSA) is 74.3 Å². The summed E-state index contributed by atoms with van der Waals surface area (Å²) in [6.07, 6.45) is 6.42. The number of hydrogen-bond acceptors (Lipinski definition) is 6. The molecule has 33 heavy (non-hydrogen) atoms. The summed E-state index contributed by atoms with van der Waals surface area (Å²) in [6, 6.07) is 4.48. The zero-order chi connectivity index (χ0) is 22.4. The number of morpholine rings is 1. The van der Waals surface area contributed by atoms with Crippen molar-refractivity contribution < 1.29 is 19.4 Å². The fraction of sp³-hybridized carbons (Fsp3) is 0.731. The van der Waals surface area contributed by atoms with Crippen LogP contribution in [0.4, 0.5) is 0 Å².